The Labute approximate surface area is 312 Å². The summed E-state index contributed by atoms with van der Waals surface area (Å²) >= 11 is 16.4. The monoisotopic (exact) mass is 782 g/mol. The molecular formula is C34H54O4S8. The van der Waals surface area contributed by atoms with E-state index < -0.39 is 0 Å². The van der Waals surface area contributed by atoms with Gasteiger partial charge >= 0.3 is 0 Å². The average molecular weight is 783 g/mol. The highest BCUT2D eigenvalue weighted by Gasteiger charge is 2.48. The van der Waals surface area contributed by atoms with E-state index in [0.717, 1.165) is 58.9 Å². The van der Waals surface area contributed by atoms with E-state index in [0.29, 0.717) is 9.16 Å². The van der Waals surface area contributed by atoms with E-state index in [1.807, 2.05) is 47.0 Å². The first-order valence-electron chi connectivity index (χ1n) is 16.9. The fourth-order valence-corrected chi connectivity index (χ4v) is 21.0. The van der Waals surface area contributed by atoms with Crippen LogP contribution in [0.3, 0.4) is 0 Å². The summed E-state index contributed by atoms with van der Waals surface area (Å²) < 4.78 is 1.29. The number of benzene rings is 1. The molecule has 0 unspecified atom stereocenters. The van der Waals surface area contributed by atoms with Crippen LogP contribution < -0.4 is 0 Å². The zero-order chi connectivity index (χ0) is 32.7. The Morgan fingerprint density at radius 1 is 0.522 bits per heavy atom. The van der Waals surface area contributed by atoms with Crippen LogP contribution in [0.2, 0.25) is 0 Å². The molecule has 0 aromatic heterocycles. The normalized spacial score (nSPS) is 24.5. The van der Waals surface area contributed by atoms with E-state index in [2.05, 4.69) is 73.0 Å². The lowest BCUT2D eigenvalue weighted by Gasteiger charge is -2.47. The molecule has 2 spiro atoms. The second-order valence-corrected chi connectivity index (χ2v) is 24.6. The number of thioether (sulfide) groups is 8. The van der Waals surface area contributed by atoms with Crippen LogP contribution >= 0.6 is 94.1 Å². The van der Waals surface area contributed by atoms with Gasteiger partial charge in [-0.3, -0.25) is 0 Å². The molecule has 0 bridgehead atoms. The summed E-state index contributed by atoms with van der Waals surface area (Å²) in [6.45, 7) is 4.88. The van der Waals surface area contributed by atoms with E-state index in [9.17, 15) is 20.4 Å². The average Bonchev–Trinajstić information content (AvgIpc) is 3.11. The lowest BCUT2D eigenvalue weighted by Crippen LogP contribution is -2.45. The molecule has 4 heterocycles. The van der Waals surface area contributed by atoms with Gasteiger partial charge in [-0.2, -0.15) is 0 Å². The zero-order valence-electron chi connectivity index (χ0n) is 27.5. The molecule has 1 aromatic carbocycles. The topological polar surface area (TPSA) is 80.9 Å². The van der Waals surface area contributed by atoms with Gasteiger partial charge in [0.15, 0.2) is 0 Å². The van der Waals surface area contributed by atoms with E-state index in [1.165, 1.54) is 38.5 Å². The van der Waals surface area contributed by atoms with Crippen molar-refractivity contribution in [3.63, 3.8) is 0 Å². The number of hydrogen-bond acceptors (Lipinski definition) is 12. The second-order valence-electron chi connectivity index (χ2n) is 13.7. The highest BCUT2D eigenvalue weighted by molar-refractivity contribution is 8.25. The van der Waals surface area contributed by atoms with Crippen molar-refractivity contribution in [1.82, 2.24) is 0 Å². The van der Waals surface area contributed by atoms with Crippen LogP contribution in [0.4, 0.5) is 0 Å². The van der Waals surface area contributed by atoms with Gasteiger partial charge in [-0.15, -0.1) is 94.1 Å². The first-order valence-corrected chi connectivity index (χ1v) is 25.1. The molecule has 0 saturated carbocycles. The Kier molecular flexibility index (Phi) is 15.3. The molecule has 262 valence electrons. The van der Waals surface area contributed by atoms with Crippen LogP contribution in [-0.4, -0.2) is 101 Å². The Hall–Kier alpha value is 1.86. The lowest BCUT2D eigenvalue weighted by atomic mass is 9.93. The molecule has 4 N–H and O–H groups in total. The van der Waals surface area contributed by atoms with Crippen LogP contribution in [0.25, 0.3) is 0 Å². The summed E-state index contributed by atoms with van der Waals surface area (Å²) in [5.41, 5.74) is 5.63. The smallest absolute Gasteiger partial charge is 0.0792 e. The first kappa shape index (κ1) is 39.1. The van der Waals surface area contributed by atoms with Gasteiger partial charge in [0.05, 0.1) is 43.7 Å². The maximum absolute atomic E-state index is 9.94. The van der Waals surface area contributed by atoms with Gasteiger partial charge in [-0.25, -0.2) is 0 Å². The third-order valence-corrected chi connectivity index (χ3v) is 25.4. The van der Waals surface area contributed by atoms with Gasteiger partial charge in [-0.1, -0.05) is 51.7 Å². The molecule has 4 aliphatic heterocycles. The summed E-state index contributed by atoms with van der Waals surface area (Å²) in [4.78, 5) is 0. The predicted molar refractivity (Wildman–Crippen MR) is 217 cm³/mol. The Balaban J connectivity index is 1.33. The van der Waals surface area contributed by atoms with Gasteiger partial charge in [0.2, 0.25) is 0 Å². The minimum Gasteiger partial charge on any atom is -0.396 e. The number of aliphatic hydroxyl groups excluding tert-OH is 4. The maximum Gasteiger partial charge on any atom is 0.0792 e. The third-order valence-electron chi connectivity index (χ3n) is 9.73. The van der Waals surface area contributed by atoms with Gasteiger partial charge < -0.3 is 20.4 Å². The minimum absolute atomic E-state index is 0.0706. The molecule has 12 heteroatoms. The summed E-state index contributed by atoms with van der Waals surface area (Å²) in [5.74, 6) is 7.85. The first-order chi connectivity index (χ1) is 22.3. The molecule has 1 aromatic rings. The van der Waals surface area contributed by atoms with Crippen LogP contribution in [0, 0.1) is 10.8 Å². The van der Waals surface area contributed by atoms with Crippen molar-refractivity contribution in [2.75, 3.05) is 72.5 Å². The van der Waals surface area contributed by atoms with E-state index >= 15 is 0 Å². The Morgan fingerprint density at radius 3 is 1.13 bits per heavy atom. The molecule has 4 nitrogen and oxygen atoms in total. The second kappa shape index (κ2) is 18.1. The van der Waals surface area contributed by atoms with Crippen molar-refractivity contribution in [3.8, 4) is 0 Å². The fraction of sp³-hybridized carbons (Fsp3) is 0.824. The summed E-state index contributed by atoms with van der Waals surface area (Å²) in [5, 5.41) is 39.8. The van der Waals surface area contributed by atoms with Crippen LogP contribution in [0.5, 0.6) is 0 Å². The van der Waals surface area contributed by atoms with Crippen molar-refractivity contribution in [1.29, 1.82) is 0 Å². The minimum atomic E-state index is -0.338. The Morgan fingerprint density at radius 2 is 0.848 bits per heavy atom. The number of aryl methyl sites for hydroxylation is 2. The van der Waals surface area contributed by atoms with Crippen LogP contribution in [0.15, 0.2) is 12.1 Å². The molecule has 5 rings (SSSR count). The zero-order valence-corrected chi connectivity index (χ0v) is 34.0. The van der Waals surface area contributed by atoms with Gasteiger partial charge in [-0.05, 0) is 47.9 Å². The van der Waals surface area contributed by atoms with E-state index in [4.69, 9.17) is 0 Å². The molecule has 0 aliphatic carbocycles. The maximum atomic E-state index is 9.94. The molecule has 0 atom stereocenters. The largest absolute Gasteiger partial charge is 0.396 e. The molecule has 4 fully saturated rings. The summed E-state index contributed by atoms with van der Waals surface area (Å²) in [6.07, 6.45) is 9.86. The SMILES string of the molecule is CCCCCc1cc(C2SCC3(CS2)SCC(CO)(CO)CS3)c(CCCCC)cc1C1SCC2(CS1)SCC(CO)(CO)CS2. The Bertz CT molecular complexity index is 989. The van der Waals surface area contributed by atoms with Crippen molar-refractivity contribution in [3.05, 3.63) is 34.4 Å². The fourth-order valence-electron chi connectivity index (χ4n) is 6.18. The molecular weight excluding hydrogens is 729 g/mol. The highest BCUT2D eigenvalue weighted by atomic mass is 32.2. The van der Waals surface area contributed by atoms with E-state index in [1.54, 1.807) is 22.3 Å². The highest BCUT2D eigenvalue weighted by Crippen LogP contribution is 2.61. The number of aliphatic hydroxyl groups is 4. The molecule has 46 heavy (non-hydrogen) atoms. The van der Waals surface area contributed by atoms with E-state index in [-0.39, 0.29) is 45.4 Å². The standard InChI is InChI=1S/C34H54O4S8/c1-3-5-7-9-25-11-28(30-41-23-34(24-42-30)45-19-32(15-37,16-38)20-46-34)26(10-8-6-4-2)12-27(25)29-39-21-33(22-40-29)43-17-31(13-35,14-36)18-44-33/h11-12,29-30,35-38H,3-10,13-24H2,1-2H3. The van der Waals surface area contributed by atoms with Crippen molar-refractivity contribution < 1.29 is 20.4 Å². The van der Waals surface area contributed by atoms with Crippen LogP contribution in [0.1, 0.15) is 83.8 Å². The lowest BCUT2D eigenvalue weighted by molar-refractivity contribution is 0.0922. The third kappa shape index (κ3) is 9.25. The van der Waals surface area contributed by atoms with Gasteiger partial charge in [0.1, 0.15) is 0 Å². The quantitative estimate of drug-likeness (QED) is 0.137. The summed E-state index contributed by atoms with van der Waals surface area (Å²) in [7, 11) is 0. The van der Waals surface area contributed by atoms with Crippen molar-refractivity contribution >= 4 is 94.1 Å². The number of rotatable bonds is 14. The molecule has 0 radical (unpaired) electrons. The molecule has 0 amide bonds. The predicted octanol–water partition coefficient (Wildman–Crippen LogP) is 8.40. The van der Waals surface area contributed by atoms with Crippen molar-refractivity contribution in [2.24, 2.45) is 10.8 Å². The summed E-state index contributed by atoms with van der Waals surface area (Å²) in [6, 6.07) is 5.29. The van der Waals surface area contributed by atoms with Crippen molar-refractivity contribution in [2.45, 2.75) is 82.5 Å². The van der Waals surface area contributed by atoms with Gasteiger partial charge in [0.25, 0.3) is 0 Å². The van der Waals surface area contributed by atoms with Gasteiger partial charge in [0, 0.05) is 56.9 Å². The van der Waals surface area contributed by atoms with Crippen LogP contribution in [-0.2, 0) is 12.8 Å². The number of hydrogen-bond donors (Lipinski definition) is 4. The molecule has 4 aliphatic rings. The number of unbranched alkanes of at least 4 members (excludes halogenated alkanes) is 4. The molecule has 4 saturated heterocycles.